The lowest BCUT2D eigenvalue weighted by atomic mass is 10.2. The van der Waals surface area contributed by atoms with Gasteiger partial charge in [0.2, 0.25) is 0 Å². The predicted octanol–water partition coefficient (Wildman–Crippen LogP) is 1.47. The van der Waals surface area contributed by atoms with Crippen molar-refractivity contribution in [3.05, 3.63) is 30.3 Å². The third-order valence-corrected chi connectivity index (χ3v) is 10.7. The highest BCUT2D eigenvalue weighted by molar-refractivity contribution is 7.36. The van der Waals surface area contributed by atoms with Gasteiger partial charge >= 0.3 is 0 Å². The van der Waals surface area contributed by atoms with Crippen molar-refractivity contribution >= 4 is 31.8 Å². The van der Waals surface area contributed by atoms with Gasteiger partial charge in [0, 0.05) is 18.3 Å². The molecule has 1 rings (SSSR count). The van der Waals surface area contributed by atoms with Gasteiger partial charge in [0.05, 0.1) is 8.31 Å². The lowest BCUT2D eigenvalue weighted by Gasteiger charge is -2.28. The monoisotopic (exact) mass is 218 g/mol. The highest BCUT2D eigenvalue weighted by atomic mass is 29.5. The highest BCUT2D eigenvalue weighted by Crippen LogP contribution is 2.25. The van der Waals surface area contributed by atoms with Gasteiger partial charge in [0.25, 0.3) is 0 Å². The van der Waals surface area contributed by atoms with E-state index in [2.05, 4.69) is 60.9 Å². The van der Waals surface area contributed by atoms with E-state index in [9.17, 15) is 0 Å². The van der Waals surface area contributed by atoms with Crippen LogP contribution in [0.2, 0.25) is 5.04 Å². The first kappa shape index (κ1) is 10.9. The molecule has 3 heteroatoms. The minimum absolute atomic E-state index is 0.436. The molecule has 0 heterocycles. The van der Waals surface area contributed by atoms with E-state index in [1.807, 2.05) is 0 Å². The molecule has 13 heavy (non-hydrogen) atoms. The van der Waals surface area contributed by atoms with Crippen LogP contribution in [-0.4, -0.2) is 26.6 Å². The molecule has 0 aliphatic rings. The van der Waals surface area contributed by atoms with Crippen LogP contribution in [0.5, 0.6) is 0 Å². The van der Waals surface area contributed by atoms with Crippen molar-refractivity contribution in [2.75, 3.05) is 0 Å². The van der Waals surface area contributed by atoms with E-state index in [-0.39, 0.29) is 0 Å². The largest absolute Gasteiger partial charge is 0.0731 e. The van der Waals surface area contributed by atoms with Gasteiger partial charge in [0.1, 0.15) is 0 Å². The van der Waals surface area contributed by atoms with Crippen molar-refractivity contribution in [3.8, 4) is 0 Å². The average molecular weight is 218 g/mol. The smallest absolute Gasteiger partial charge is 0.0648 e. The minimum Gasteiger partial charge on any atom is -0.0648 e. The van der Waals surface area contributed by atoms with Crippen LogP contribution < -0.4 is 5.19 Å². The fourth-order valence-electron chi connectivity index (χ4n) is 1.30. The molecule has 1 aromatic rings. The number of rotatable bonds is 2. The van der Waals surface area contributed by atoms with Crippen LogP contribution in [-0.2, 0) is 0 Å². The van der Waals surface area contributed by atoms with Crippen LogP contribution >= 0.6 is 0 Å². The maximum absolute atomic E-state index is 3.71. The molecule has 0 saturated heterocycles. The van der Waals surface area contributed by atoms with Crippen LogP contribution in [0.25, 0.3) is 0 Å². The van der Waals surface area contributed by atoms with Gasteiger partial charge in [-0.3, -0.25) is 0 Å². The molecule has 0 aromatic heterocycles. The lowest BCUT2D eigenvalue weighted by molar-refractivity contribution is 0.754. The van der Waals surface area contributed by atoms with E-state index in [0.717, 1.165) is 8.55 Å². The Bertz CT molecular complexity index is 251. The summed E-state index contributed by atoms with van der Waals surface area (Å²) < 4.78 is 0. The van der Waals surface area contributed by atoms with Crippen LogP contribution in [0.15, 0.2) is 30.3 Å². The summed E-state index contributed by atoms with van der Waals surface area (Å²) in [6.07, 6.45) is 0. The Balaban J connectivity index is 2.92. The Morgan fingerprint density at radius 3 is 2.08 bits per heavy atom. The zero-order chi connectivity index (χ0) is 9.90. The van der Waals surface area contributed by atoms with Crippen LogP contribution in [0.4, 0.5) is 0 Å². The summed E-state index contributed by atoms with van der Waals surface area (Å²) in [6, 6.07) is 10.9. The lowest BCUT2D eigenvalue weighted by Crippen LogP contribution is -2.44. The fraction of sp³-hybridized carbons (Fsp3) is 0.400. The van der Waals surface area contributed by atoms with Gasteiger partial charge in [-0.2, -0.15) is 0 Å². The zero-order valence-corrected chi connectivity index (χ0v) is 11.4. The van der Waals surface area contributed by atoms with Gasteiger partial charge in [-0.25, -0.2) is 0 Å². The quantitative estimate of drug-likeness (QED) is 0.660. The molecule has 0 spiro atoms. The van der Waals surface area contributed by atoms with Crippen LogP contribution in [0, 0.1) is 0 Å². The zero-order valence-electron chi connectivity index (χ0n) is 8.39. The van der Waals surface area contributed by atoms with Crippen molar-refractivity contribution in [2.45, 2.75) is 25.8 Å². The van der Waals surface area contributed by atoms with Gasteiger partial charge < -0.3 is 0 Å². The molecule has 0 aliphatic carbocycles. The molecular weight excluding hydrogens is 204 g/mol. The fourth-order valence-corrected chi connectivity index (χ4v) is 9.94. The summed E-state index contributed by atoms with van der Waals surface area (Å²) in [5, 5.41) is 1.97. The SMILES string of the molecule is CC(C)(C)[Si]([Si][Si])c1ccccc1. The van der Waals surface area contributed by atoms with Crippen LogP contribution in [0.1, 0.15) is 20.8 Å². The van der Waals surface area contributed by atoms with Crippen molar-refractivity contribution in [1.29, 1.82) is 0 Å². The number of benzene rings is 1. The van der Waals surface area contributed by atoms with Crippen molar-refractivity contribution in [2.24, 2.45) is 0 Å². The first-order valence-electron chi connectivity index (χ1n) is 4.41. The first-order chi connectivity index (χ1) is 6.05. The standard InChI is InChI=1S/C10H14Si3/c1-10(2,3)13(12-11)9-7-5-4-6-8-9/h4-8H,1-3H3. The molecule has 0 N–H and O–H groups in total. The van der Waals surface area contributed by atoms with E-state index in [1.165, 1.54) is 5.19 Å². The molecule has 0 bridgehead atoms. The summed E-state index contributed by atoms with van der Waals surface area (Å²) in [4.78, 5) is 0. The second-order valence-electron chi connectivity index (χ2n) is 4.12. The van der Waals surface area contributed by atoms with E-state index in [0.29, 0.717) is 5.04 Å². The molecule has 0 fully saturated rings. The maximum Gasteiger partial charge on any atom is 0.0731 e. The van der Waals surface area contributed by atoms with E-state index < -0.39 is 8.31 Å². The highest BCUT2D eigenvalue weighted by Gasteiger charge is 2.26. The van der Waals surface area contributed by atoms with Gasteiger partial charge in [-0.1, -0.05) is 56.3 Å². The third-order valence-electron chi connectivity index (χ3n) is 1.94. The molecule has 0 saturated carbocycles. The number of hydrogen-bond acceptors (Lipinski definition) is 0. The van der Waals surface area contributed by atoms with Crippen molar-refractivity contribution in [3.63, 3.8) is 0 Å². The van der Waals surface area contributed by atoms with E-state index in [1.54, 1.807) is 0 Å². The summed E-state index contributed by atoms with van der Waals surface area (Å²) in [5.41, 5.74) is 0. The van der Waals surface area contributed by atoms with Gasteiger partial charge in [-0.05, 0) is 5.04 Å². The Morgan fingerprint density at radius 1 is 1.15 bits per heavy atom. The summed E-state index contributed by atoms with van der Waals surface area (Å²) in [7, 11) is 4.16. The molecular formula is C10H14Si3. The van der Waals surface area contributed by atoms with Crippen molar-refractivity contribution in [1.82, 2.24) is 0 Å². The second kappa shape index (κ2) is 4.39. The van der Waals surface area contributed by atoms with Gasteiger partial charge in [0.15, 0.2) is 0 Å². The average Bonchev–Trinajstić information content (AvgIpc) is 2.05. The van der Waals surface area contributed by atoms with Gasteiger partial charge in [-0.15, -0.1) is 0 Å². The molecule has 0 unspecified atom stereocenters. The maximum atomic E-state index is 3.71. The molecule has 0 amide bonds. The van der Waals surface area contributed by atoms with Crippen molar-refractivity contribution < 1.29 is 0 Å². The second-order valence-corrected chi connectivity index (χ2v) is 11.7. The summed E-state index contributed by atoms with van der Waals surface area (Å²) >= 11 is 0. The molecule has 0 aliphatic heterocycles. The Hall–Kier alpha value is -0.129. The Labute approximate surface area is 88.2 Å². The Morgan fingerprint density at radius 2 is 1.69 bits per heavy atom. The third kappa shape index (κ3) is 2.93. The molecule has 0 nitrogen and oxygen atoms in total. The predicted molar refractivity (Wildman–Crippen MR) is 63.1 cm³/mol. The molecule has 0 atom stereocenters. The topological polar surface area (TPSA) is 0 Å². The van der Waals surface area contributed by atoms with Crippen LogP contribution in [0.3, 0.4) is 0 Å². The van der Waals surface area contributed by atoms with E-state index >= 15 is 0 Å². The number of hydrogen-bond donors (Lipinski definition) is 0. The Kier molecular flexibility index (Phi) is 3.70. The summed E-state index contributed by atoms with van der Waals surface area (Å²) in [5.74, 6) is 0. The summed E-state index contributed by atoms with van der Waals surface area (Å²) in [6.45, 7) is 7.00. The minimum atomic E-state index is -0.436. The van der Waals surface area contributed by atoms with E-state index in [4.69, 9.17) is 0 Å². The molecule has 66 valence electrons. The normalized spacial score (nSPS) is 12.1. The molecule has 6 radical (unpaired) electrons. The molecule has 1 aromatic carbocycles. The first-order valence-corrected chi connectivity index (χ1v) is 9.41.